The highest BCUT2D eigenvalue weighted by atomic mass is 33.1. The molecule has 0 aliphatic carbocycles. The van der Waals surface area contributed by atoms with E-state index in [4.69, 9.17) is 0 Å². The third kappa shape index (κ3) is 9.48. The highest BCUT2D eigenvalue weighted by Gasteiger charge is 2.32. The van der Waals surface area contributed by atoms with Crippen LogP contribution in [-0.4, -0.2) is 37.4 Å². The van der Waals surface area contributed by atoms with E-state index in [1.807, 2.05) is 0 Å². The number of aliphatic imine (C=N–C) groups is 1. The van der Waals surface area contributed by atoms with Crippen molar-refractivity contribution in [3.63, 3.8) is 0 Å². The van der Waals surface area contributed by atoms with Gasteiger partial charge in [-0.25, -0.2) is 0 Å². The Morgan fingerprint density at radius 3 is 2.35 bits per heavy atom. The summed E-state index contributed by atoms with van der Waals surface area (Å²) in [7, 11) is 4.63. The van der Waals surface area contributed by atoms with Crippen molar-refractivity contribution in [3.05, 3.63) is 23.8 Å². The van der Waals surface area contributed by atoms with E-state index in [0.717, 1.165) is 17.9 Å². The Kier molecular flexibility index (Phi) is 12.4. The second kappa shape index (κ2) is 13.0. The first-order valence-corrected chi connectivity index (χ1v) is 11.1. The molecule has 0 rings (SSSR count). The van der Waals surface area contributed by atoms with Gasteiger partial charge in [-0.15, -0.1) is 0 Å². The first kappa shape index (κ1) is 24.8. The minimum Gasteiger partial charge on any atom is -0.357 e. The predicted octanol–water partition coefficient (Wildman–Crippen LogP) is 4.18. The van der Waals surface area contributed by atoms with Gasteiger partial charge in [0, 0.05) is 18.7 Å². The number of nitrogens with one attached hydrogen (secondary N) is 2. The van der Waals surface area contributed by atoms with Crippen LogP contribution >= 0.6 is 21.6 Å². The Morgan fingerprint density at radius 2 is 1.88 bits per heavy atom. The number of rotatable bonds is 12. The average Bonchev–Trinajstić information content (AvgIpc) is 2.59. The van der Waals surface area contributed by atoms with Gasteiger partial charge in [-0.05, 0) is 41.8 Å². The molecule has 0 aromatic carbocycles. The van der Waals surface area contributed by atoms with Gasteiger partial charge in [0.1, 0.15) is 11.1 Å². The molecule has 0 bridgehead atoms. The van der Waals surface area contributed by atoms with Crippen LogP contribution < -0.4 is 10.6 Å². The zero-order valence-corrected chi connectivity index (χ0v) is 18.3. The lowest BCUT2D eigenvalue weighted by Gasteiger charge is -2.31. The van der Waals surface area contributed by atoms with Gasteiger partial charge < -0.3 is 10.6 Å². The van der Waals surface area contributed by atoms with Gasteiger partial charge in [0.25, 0.3) is 0 Å². The summed E-state index contributed by atoms with van der Waals surface area (Å²) >= 11 is 0. The van der Waals surface area contributed by atoms with E-state index in [-0.39, 0.29) is 23.1 Å². The van der Waals surface area contributed by atoms with Crippen LogP contribution in [0.4, 0.5) is 0 Å². The fourth-order valence-corrected chi connectivity index (χ4v) is 4.40. The summed E-state index contributed by atoms with van der Waals surface area (Å²) in [5, 5.41) is 6.35. The fraction of sp³-hybridized carbons (Fsp3) is 0.632. The van der Waals surface area contributed by atoms with E-state index >= 15 is 0 Å². The molecule has 2 amide bonds. The van der Waals surface area contributed by atoms with Crippen LogP contribution in [0.15, 0.2) is 28.8 Å². The quantitative estimate of drug-likeness (QED) is 0.223. The fourth-order valence-electron chi connectivity index (χ4n) is 2.44. The molecule has 7 heteroatoms. The van der Waals surface area contributed by atoms with E-state index in [0.29, 0.717) is 12.2 Å². The van der Waals surface area contributed by atoms with Crippen molar-refractivity contribution >= 4 is 40.1 Å². The maximum Gasteiger partial charge on any atom is 0.242 e. The van der Waals surface area contributed by atoms with Gasteiger partial charge in [-0.3, -0.25) is 14.6 Å². The molecule has 0 aromatic rings. The second-order valence-corrected chi connectivity index (χ2v) is 9.41. The molecule has 148 valence electrons. The minimum atomic E-state index is -0.536. The summed E-state index contributed by atoms with van der Waals surface area (Å²) < 4.78 is 0. The number of carbonyl (C=O) groups excluding carboxylic acids is 2. The van der Waals surface area contributed by atoms with E-state index in [1.54, 1.807) is 30.0 Å². The molecule has 0 aliphatic rings. The van der Waals surface area contributed by atoms with Crippen LogP contribution in [-0.2, 0) is 9.59 Å². The lowest BCUT2D eigenvalue weighted by atomic mass is 9.77. The van der Waals surface area contributed by atoms with Crippen LogP contribution in [0.25, 0.3) is 0 Å². The number of amides is 2. The Balaban J connectivity index is 4.82. The molecule has 0 aromatic heterocycles. The molecule has 0 fully saturated rings. The van der Waals surface area contributed by atoms with E-state index < -0.39 is 6.04 Å². The molecule has 0 heterocycles. The summed E-state index contributed by atoms with van der Waals surface area (Å²) in [5.74, 6) is 0.359. The Hall–Kier alpha value is -1.21. The lowest BCUT2D eigenvalue weighted by Crippen LogP contribution is -2.49. The first-order chi connectivity index (χ1) is 12.2. The molecule has 0 saturated carbocycles. The van der Waals surface area contributed by atoms with Crippen molar-refractivity contribution in [2.75, 3.05) is 12.8 Å². The van der Waals surface area contributed by atoms with Crippen LogP contribution in [0.3, 0.4) is 0 Å². The summed E-state index contributed by atoms with van der Waals surface area (Å²) in [6.45, 7) is 15.4. The van der Waals surface area contributed by atoms with Gasteiger partial charge in [0.2, 0.25) is 11.8 Å². The largest absolute Gasteiger partial charge is 0.357 e. The van der Waals surface area contributed by atoms with E-state index in [1.165, 1.54) is 10.8 Å². The monoisotopic (exact) mass is 399 g/mol. The normalized spacial score (nSPS) is 14.3. The number of hydrogen-bond acceptors (Lipinski definition) is 5. The second-order valence-electron chi connectivity index (χ2n) is 6.98. The Morgan fingerprint density at radius 1 is 1.23 bits per heavy atom. The highest BCUT2D eigenvalue weighted by molar-refractivity contribution is 8.78. The van der Waals surface area contributed by atoms with Crippen molar-refractivity contribution in [2.24, 2.45) is 16.3 Å². The zero-order valence-electron chi connectivity index (χ0n) is 16.6. The zero-order chi connectivity index (χ0) is 20.2. The van der Waals surface area contributed by atoms with Crippen LogP contribution in [0.1, 0.15) is 47.0 Å². The molecule has 0 saturated heterocycles. The summed E-state index contributed by atoms with van der Waals surface area (Å²) in [5.41, 5.74) is -0.141. The van der Waals surface area contributed by atoms with Gasteiger partial charge in [0.05, 0.1) is 0 Å². The van der Waals surface area contributed by atoms with Crippen molar-refractivity contribution in [1.82, 2.24) is 10.6 Å². The van der Waals surface area contributed by atoms with Gasteiger partial charge in [-0.2, -0.15) is 0 Å². The standard InChI is InChI=1S/C19H33N3O2S2/c1-8-10-14(19(3,4)5)17(23)22-15(18(24)21-7)12-13-25-26-16(20-6)11-9-2/h9,11,14-15H,2,6,8,10,12-13H2,1,3-5,7H3,(H,21,24)(H,22,23)/b16-11+. The summed E-state index contributed by atoms with van der Waals surface area (Å²) in [6.07, 6.45) is 5.72. The lowest BCUT2D eigenvalue weighted by molar-refractivity contribution is -0.133. The highest BCUT2D eigenvalue weighted by Crippen LogP contribution is 2.32. The third-order valence-electron chi connectivity index (χ3n) is 3.87. The molecular weight excluding hydrogens is 366 g/mol. The van der Waals surface area contributed by atoms with Crippen LogP contribution in [0.5, 0.6) is 0 Å². The maximum absolute atomic E-state index is 12.7. The van der Waals surface area contributed by atoms with E-state index in [2.05, 4.69) is 56.6 Å². The van der Waals surface area contributed by atoms with Crippen molar-refractivity contribution in [2.45, 2.75) is 53.0 Å². The topological polar surface area (TPSA) is 70.6 Å². The van der Waals surface area contributed by atoms with Crippen molar-refractivity contribution < 1.29 is 9.59 Å². The molecule has 26 heavy (non-hydrogen) atoms. The number of hydrogen-bond donors (Lipinski definition) is 2. The number of carbonyl (C=O) groups is 2. The summed E-state index contributed by atoms with van der Waals surface area (Å²) in [4.78, 5) is 28.8. The SMILES string of the molecule is C=C/C=C(\N=C)SSCCC(NC(=O)C(CCC)C(C)(C)C)C(=O)NC. The molecule has 5 nitrogen and oxygen atoms in total. The van der Waals surface area contributed by atoms with Crippen molar-refractivity contribution in [3.8, 4) is 0 Å². The molecule has 0 aliphatic heterocycles. The molecule has 2 atom stereocenters. The van der Waals surface area contributed by atoms with Gasteiger partial charge >= 0.3 is 0 Å². The average molecular weight is 400 g/mol. The Labute approximate surface area is 166 Å². The summed E-state index contributed by atoms with van der Waals surface area (Å²) in [6, 6.07) is -0.536. The molecule has 2 N–H and O–H groups in total. The third-order valence-corrected chi connectivity index (χ3v) is 6.19. The van der Waals surface area contributed by atoms with Crippen LogP contribution in [0.2, 0.25) is 0 Å². The minimum absolute atomic E-state index is 0.0504. The molecular formula is C19H33N3O2S2. The Bertz CT molecular complexity index is 513. The predicted molar refractivity (Wildman–Crippen MR) is 116 cm³/mol. The van der Waals surface area contributed by atoms with E-state index in [9.17, 15) is 9.59 Å². The first-order valence-electron chi connectivity index (χ1n) is 8.82. The van der Waals surface area contributed by atoms with Gasteiger partial charge in [-0.1, -0.05) is 57.6 Å². The van der Waals surface area contributed by atoms with Crippen LogP contribution in [0, 0.1) is 11.3 Å². The maximum atomic E-state index is 12.7. The molecule has 0 radical (unpaired) electrons. The van der Waals surface area contributed by atoms with Crippen molar-refractivity contribution in [1.29, 1.82) is 0 Å². The number of likely N-dealkylation sites (N-methyl/N-ethyl adjacent to an activating group) is 1. The number of allylic oxidation sites excluding steroid dienone is 2. The number of nitrogens with zero attached hydrogens (tertiary/aromatic N) is 1. The molecule has 2 unspecified atom stereocenters. The smallest absolute Gasteiger partial charge is 0.242 e. The molecule has 0 spiro atoms. The van der Waals surface area contributed by atoms with Gasteiger partial charge in [0.15, 0.2) is 0 Å².